The van der Waals surface area contributed by atoms with Crippen LogP contribution in [-0.4, -0.2) is 24.9 Å². The average molecular weight is 340 g/mol. The molecule has 2 rings (SSSR count). The predicted molar refractivity (Wildman–Crippen MR) is 102 cm³/mol. The maximum Gasteiger partial charge on any atom is 0.154 e. The van der Waals surface area contributed by atoms with E-state index in [1.165, 1.54) is 0 Å². The van der Waals surface area contributed by atoms with E-state index in [1.807, 2.05) is 55.5 Å². The Morgan fingerprint density at radius 3 is 2.20 bits per heavy atom. The molecule has 0 spiro atoms. The van der Waals surface area contributed by atoms with Crippen molar-refractivity contribution in [3.05, 3.63) is 78.9 Å². The van der Waals surface area contributed by atoms with Crippen LogP contribution in [0.4, 0.5) is 0 Å². The van der Waals surface area contributed by atoms with Gasteiger partial charge < -0.3 is 14.2 Å². The molecular weight excluding hydrogens is 312 g/mol. The summed E-state index contributed by atoms with van der Waals surface area (Å²) in [7, 11) is 0. The lowest BCUT2D eigenvalue weighted by Gasteiger charge is -2.30. The summed E-state index contributed by atoms with van der Waals surface area (Å²) in [6.07, 6.45) is 2.09. The first-order valence-electron chi connectivity index (χ1n) is 8.86. The lowest BCUT2D eigenvalue weighted by molar-refractivity contribution is -0.0822. The molecule has 0 fully saturated rings. The predicted octanol–water partition coefficient (Wildman–Crippen LogP) is 5.02. The maximum absolute atomic E-state index is 6.19. The zero-order chi connectivity index (χ0) is 17.9. The van der Waals surface area contributed by atoms with E-state index < -0.39 is 0 Å². The summed E-state index contributed by atoms with van der Waals surface area (Å²) in [5, 5.41) is 0. The van der Waals surface area contributed by atoms with Crippen molar-refractivity contribution in [1.29, 1.82) is 0 Å². The summed E-state index contributed by atoms with van der Waals surface area (Å²) in [6.45, 7) is 9.22. The average Bonchev–Trinajstić information content (AvgIpc) is 2.67. The molecule has 0 aliphatic rings. The summed E-state index contributed by atoms with van der Waals surface area (Å²) < 4.78 is 18.2. The molecule has 0 aromatic heterocycles. The Balaban J connectivity index is 2.06. The van der Waals surface area contributed by atoms with Crippen LogP contribution in [0.25, 0.3) is 0 Å². The van der Waals surface area contributed by atoms with Crippen LogP contribution in [0.3, 0.4) is 0 Å². The van der Waals surface area contributed by atoms with E-state index in [0.29, 0.717) is 13.2 Å². The summed E-state index contributed by atoms with van der Waals surface area (Å²) in [5.41, 5.74) is 1.14. The smallest absolute Gasteiger partial charge is 0.154 e. The molecule has 0 heterocycles. The molecular formula is C22H28O3. The van der Waals surface area contributed by atoms with Crippen LogP contribution in [0.2, 0.25) is 0 Å². The van der Waals surface area contributed by atoms with Crippen molar-refractivity contribution in [2.75, 3.05) is 6.61 Å². The van der Waals surface area contributed by atoms with Crippen LogP contribution in [0.5, 0.6) is 5.75 Å². The van der Waals surface area contributed by atoms with Gasteiger partial charge in [0.05, 0.1) is 12.7 Å². The highest BCUT2D eigenvalue weighted by Crippen LogP contribution is 2.20. The van der Waals surface area contributed by atoms with Gasteiger partial charge >= 0.3 is 0 Å². The number of hydrogen-bond acceptors (Lipinski definition) is 3. The third kappa shape index (κ3) is 6.37. The molecule has 0 N–H and O–H groups in total. The van der Waals surface area contributed by atoms with E-state index in [2.05, 4.69) is 25.6 Å². The van der Waals surface area contributed by atoms with Crippen molar-refractivity contribution in [3.8, 4) is 5.75 Å². The van der Waals surface area contributed by atoms with Crippen molar-refractivity contribution < 1.29 is 14.2 Å². The number of benzene rings is 2. The molecule has 0 unspecified atom stereocenters. The highest BCUT2D eigenvalue weighted by Gasteiger charge is 2.28. The second kappa shape index (κ2) is 10.7. The van der Waals surface area contributed by atoms with E-state index in [1.54, 1.807) is 6.08 Å². The second-order valence-electron chi connectivity index (χ2n) is 5.97. The molecule has 3 heteroatoms. The molecule has 3 nitrogen and oxygen atoms in total. The number of ether oxygens (including phenoxy) is 3. The maximum atomic E-state index is 6.19. The van der Waals surface area contributed by atoms with E-state index in [-0.39, 0.29) is 18.3 Å². The zero-order valence-corrected chi connectivity index (χ0v) is 15.1. The Hall–Kier alpha value is -2.10. The number of rotatable bonds is 11. The molecule has 0 radical (unpaired) electrons. The highest BCUT2D eigenvalue weighted by atomic mass is 16.6. The van der Waals surface area contributed by atoms with Crippen molar-refractivity contribution in [2.24, 2.45) is 0 Å². The standard InChI is InChI=1S/C22H28O3/c1-4-16-23-21(5-2)22(25-20-14-10-7-11-15-20)18(3)24-17-19-12-8-6-9-13-19/h5-15,18,21-22H,2,4,16-17H2,1,3H3/t18-,21-,22-/m0/s1. The quantitative estimate of drug-likeness (QED) is 0.538. The van der Waals surface area contributed by atoms with Gasteiger partial charge in [0.25, 0.3) is 0 Å². The molecule has 0 amide bonds. The second-order valence-corrected chi connectivity index (χ2v) is 5.97. The van der Waals surface area contributed by atoms with Crippen LogP contribution >= 0.6 is 0 Å². The van der Waals surface area contributed by atoms with Crippen molar-refractivity contribution >= 4 is 0 Å². The Bertz CT molecular complexity index is 597. The van der Waals surface area contributed by atoms with Gasteiger partial charge in [-0.15, -0.1) is 6.58 Å². The highest BCUT2D eigenvalue weighted by molar-refractivity contribution is 5.22. The molecule has 2 aromatic carbocycles. The first-order valence-corrected chi connectivity index (χ1v) is 8.86. The minimum Gasteiger partial charge on any atom is -0.485 e. The normalized spacial score (nSPS) is 14.5. The minimum atomic E-state index is -0.268. The largest absolute Gasteiger partial charge is 0.485 e. The fraction of sp³-hybridized carbons (Fsp3) is 0.364. The summed E-state index contributed by atoms with van der Waals surface area (Å²) in [4.78, 5) is 0. The van der Waals surface area contributed by atoms with Gasteiger partial charge in [-0.2, -0.15) is 0 Å². The Kier molecular flexibility index (Phi) is 8.23. The van der Waals surface area contributed by atoms with Crippen molar-refractivity contribution in [2.45, 2.75) is 45.2 Å². The molecule has 0 aliphatic carbocycles. The minimum absolute atomic E-state index is 0.153. The molecule has 0 saturated carbocycles. The molecule has 0 saturated heterocycles. The van der Waals surface area contributed by atoms with Crippen molar-refractivity contribution in [1.82, 2.24) is 0 Å². The van der Waals surface area contributed by atoms with Crippen LogP contribution in [0, 0.1) is 0 Å². The summed E-state index contributed by atoms with van der Waals surface area (Å²) in [5.74, 6) is 0.801. The lowest BCUT2D eigenvalue weighted by atomic mass is 10.1. The van der Waals surface area contributed by atoms with E-state index >= 15 is 0 Å². The van der Waals surface area contributed by atoms with Crippen LogP contribution in [0.15, 0.2) is 73.3 Å². The molecule has 2 aromatic rings. The first kappa shape index (κ1) is 19.2. The SMILES string of the molecule is C=C[C@H](OCCC)[C@@H](Oc1ccccc1)[C@H](C)OCc1ccccc1. The van der Waals surface area contributed by atoms with Gasteiger partial charge in [0.2, 0.25) is 0 Å². The van der Waals surface area contributed by atoms with Gasteiger partial charge in [0.15, 0.2) is 6.10 Å². The molecule has 0 aliphatic heterocycles. The van der Waals surface area contributed by atoms with Crippen LogP contribution in [0.1, 0.15) is 25.8 Å². The fourth-order valence-corrected chi connectivity index (χ4v) is 2.53. The Morgan fingerprint density at radius 1 is 0.960 bits per heavy atom. The van der Waals surface area contributed by atoms with Crippen LogP contribution < -0.4 is 4.74 Å². The van der Waals surface area contributed by atoms with Gasteiger partial charge in [-0.3, -0.25) is 0 Å². The first-order chi connectivity index (χ1) is 12.2. The Labute approximate surface area is 151 Å². The van der Waals surface area contributed by atoms with Crippen molar-refractivity contribution in [3.63, 3.8) is 0 Å². The van der Waals surface area contributed by atoms with Gasteiger partial charge in [0, 0.05) is 6.61 Å². The molecule has 0 bridgehead atoms. The van der Waals surface area contributed by atoms with Crippen LogP contribution in [-0.2, 0) is 16.1 Å². The van der Waals surface area contributed by atoms with Gasteiger partial charge in [0.1, 0.15) is 11.9 Å². The third-order valence-electron chi connectivity index (χ3n) is 3.90. The Morgan fingerprint density at radius 2 is 1.60 bits per heavy atom. The molecule has 25 heavy (non-hydrogen) atoms. The lowest BCUT2D eigenvalue weighted by Crippen LogP contribution is -2.42. The third-order valence-corrected chi connectivity index (χ3v) is 3.90. The molecule has 134 valence electrons. The monoisotopic (exact) mass is 340 g/mol. The van der Waals surface area contributed by atoms with E-state index in [0.717, 1.165) is 17.7 Å². The number of para-hydroxylation sites is 1. The zero-order valence-electron chi connectivity index (χ0n) is 15.1. The van der Waals surface area contributed by atoms with Gasteiger partial charge in [-0.1, -0.05) is 61.5 Å². The van der Waals surface area contributed by atoms with Gasteiger partial charge in [-0.25, -0.2) is 0 Å². The van der Waals surface area contributed by atoms with E-state index in [4.69, 9.17) is 14.2 Å². The summed E-state index contributed by atoms with van der Waals surface area (Å²) in [6, 6.07) is 19.9. The van der Waals surface area contributed by atoms with E-state index in [9.17, 15) is 0 Å². The number of hydrogen-bond donors (Lipinski definition) is 0. The molecule has 3 atom stereocenters. The van der Waals surface area contributed by atoms with Gasteiger partial charge in [-0.05, 0) is 31.0 Å². The fourth-order valence-electron chi connectivity index (χ4n) is 2.53. The summed E-state index contributed by atoms with van der Waals surface area (Å²) >= 11 is 0. The topological polar surface area (TPSA) is 27.7 Å².